The topological polar surface area (TPSA) is 70.7 Å². The first-order valence-corrected chi connectivity index (χ1v) is 8.28. The maximum Gasteiger partial charge on any atom is 0.327 e. The molecule has 6 heteroatoms. The zero-order chi connectivity index (χ0) is 17.8. The molecule has 1 aliphatic heterocycles. The number of nitrogens with zero attached hydrogens (tertiary/aromatic N) is 1. The summed E-state index contributed by atoms with van der Waals surface area (Å²) in [7, 11) is 1.57. The Morgan fingerprint density at radius 3 is 2.80 bits per heavy atom. The number of amides is 3. The van der Waals surface area contributed by atoms with Gasteiger partial charge < -0.3 is 15.4 Å². The van der Waals surface area contributed by atoms with Crippen LogP contribution in [0.25, 0.3) is 0 Å². The lowest BCUT2D eigenvalue weighted by Gasteiger charge is -2.36. The summed E-state index contributed by atoms with van der Waals surface area (Å²) in [5, 5.41) is 5.74. The molecule has 0 bridgehead atoms. The van der Waals surface area contributed by atoms with Gasteiger partial charge in [-0.25, -0.2) is 4.79 Å². The molecule has 0 radical (unpaired) electrons. The number of nitrogens with one attached hydrogen (secondary N) is 2. The van der Waals surface area contributed by atoms with Crippen LogP contribution in [0, 0.1) is 0 Å². The molecule has 1 atom stereocenters. The smallest absolute Gasteiger partial charge is 0.327 e. The highest BCUT2D eigenvalue weighted by molar-refractivity contribution is 6.14. The van der Waals surface area contributed by atoms with E-state index in [-0.39, 0.29) is 11.9 Å². The highest BCUT2D eigenvalue weighted by Crippen LogP contribution is 2.33. The highest BCUT2D eigenvalue weighted by Gasteiger charge is 2.36. The third-order valence-electron chi connectivity index (χ3n) is 4.14. The molecular weight excluding hydrogens is 318 g/mol. The van der Waals surface area contributed by atoms with Crippen molar-refractivity contribution < 1.29 is 14.3 Å². The van der Waals surface area contributed by atoms with Crippen molar-refractivity contribution >= 4 is 29.0 Å². The number of carbonyl (C=O) groups is 2. The summed E-state index contributed by atoms with van der Waals surface area (Å²) in [5.74, 6) is 0.487. The number of hydrogen-bond acceptors (Lipinski definition) is 3. The van der Waals surface area contributed by atoms with Crippen LogP contribution in [0.4, 0.5) is 21.9 Å². The van der Waals surface area contributed by atoms with Gasteiger partial charge in [-0.05, 0) is 30.7 Å². The van der Waals surface area contributed by atoms with Crippen molar-refractivity contribution in [2.45, 2.75) is 25.8 Å². The lowest BCUT2D eigenvalue weighted by molar-refractivity contribution is -0.117. The molecule has 2 aromatic rings. The molecule has 0 aliphatic carbocycles. The van der Waals surface area contributed by atoms with Crippen LogP contribution in [0.1, 0.15) is 19.8 Å². The van der Waals surface area contributed by atoms with Gasteiger partial charge >= 0.3 is 6.03 Å². The van der Waals surface area contributed by atoms with E-state index in [1.54, 1.807) is 37.4 Å². The maximum absolute atomic E-state index is 13.0. The van der Waals surface area contributed by atoms with E-state index in [0.717, 1.165) is 6.42 Å². The van der Waals surface area contributed by atoms with Gasteiger partial charge in [0.2, 0.25) is 5.91 Å². The second-order valence-electron chi connectivity index (χ2n) is 5.84. The monoisotopic (exact) mass is 339 g/mol. The maximum atomic E-state index is 13.0. The fourth-order valence-electron chi connectivity index (χ4n) is 2.96. The molecule has 2 N–H and O–H groups in total. The van der Waals surface area contributed by atoms with E-state index in [0.29, 0.717) is 29.2 Å². The average Bonchev–Trinajstić information content (AvgIpc) is 2.62. The molecule has 0 aromatic heterocycles. The predicted molar refractivity (Wildman–Crippen MR) is 98.3 cm³/mol. The number of hydrogen-bond donors (Lipinski definition) is 2. The van der Waals surface area contributed by atoms with Crippen LogP contribution < -0.4 is 20.3 Å². The van der Waals surface area contributed by atoms with Crippen molar-refractivity contribution in [2.24, 2.45) is 0 Å². The van der Waals surface area contributed by atoms with E-state index < -0.39 is 6.04 Å². The third-order valence-corrected chi connectivity index (χ3v) is 4.14. The highest BCUT2D eigenvalue weighted by atomic mass is 16.5. The SMILES string of the molecule is CCCC1C(=O)Nc2ccccc2N1C(=O)Nc1cccc(OC)c1. The number of anilines is 3. The Hall–Kier alpha value is -3.02. The standard InChI is InChI=1S/C19H21N3O3/c1-3-7-17-18(23)21-15-10-4-5-11-16(15)22(17)19(24)20-13-8-6-9-14(12-13)25-2/h4-6,8-12,17H,3,7H2,1-2H3,(H,20,24)(H,21,23). The number of methoxy groups -OCH3 is 1. The normalized spacial score (nSPS) is 16.0. The molecule has 3 amide bonds. The molecular formula is C19H21N3O3. The summed E-state index contributed by atoms with van der Waals surface area (Å²) < 4.78 is 5.19. The van der Waals surface area contributed by atoms with E-state index in [9.17, 15) is 9.59 Å². The first-order chi connectivity index (χ1) is 12.1. The van der Waals surface area contributed by atoms with Gasteiger partial charge in [0.05, 0.1) is 18.5 Å². The van der Waals surface area contributed by atoms with Crippen molar-refractivity contribution in [3.63, 3.8) is 0 Å². The Morgan fingerprint density at radius 2 is 2.04 bits per heavy atom. The third kappa shape index (κ3) is 3.42. The largest absolute Gasteiger partial charge is 0.497 e. The van der Waals surface area contributed by atoms with Crippen LogP contribution >= 0.6 is 0 Å². The summed E-state index contributed by atoms with van der Waals surface area (Å²) in [4.78, 5) is 27.0. The molecule has 0 saturated heterocycles. The number of carbonyl (C=O) groups excluding carboxylic acids is 2. The summed E-state index contributed by atoms with van der Waals surface area (Å²) in [6, 6.07) is 13.6. The molecule has 2 aromatic carbocycles. The Labute approximate surface area is 146 Å². The van der Waals surface area contributed by atoms with Crippen molar-refractivity contribution in [2.75, 3.05) is 22.6 Å². The number of fused-ring (bicyclic) bond motifs is 1. The summed E-state index contributed by atoms with van der Waals surface area (Å²) in [5.41, 5.74) is 1.95. The van der Waals surface area contributed by atoms with Crippen LogP contribution in [-0.4, -0.2) is 25.1 Å². The second-order valence-corrected chi connectivity index (χ2v) is 5.84. The van der Waals surface area contributed by atoms with E-state index in [2.05, 4.69) is 10.6 Å². The van der Waals surface area contributed by atoms with Gasteiger partial charge in [0.15, 0.2) is 0 Å². The molecule has 3 rings (SSSR count). The van der Waals surface area contributed by atoms with Crippen LogP contribution in [-0.2, 0) is 4.79 Å². The molecule has 1 unspecified atom stereocenters. The summed E-state index contributed by atoms with van der Waals surface area (Å²) in [6.45, 7) is 1.99. The fraction of sp³-hybridized carbons (Fsp3) is 0.263. The second kappa shape index (κ2) is 7.25. The zero-order valence-corrected chi connectivity index (χ0v) is 14.3. The van der Waals surface area contributed by atoms with Gasteiger partial charge in [0.1, 0.15) is 11.8 Å². The predicted octanol–water partition coefficient (Wildman–Crippen LogP) is 3.85. The van der Waals surface area contributed by atoms with Gasteiger partial charge in [-0.3, -0.25) is 9.69 Å². The minimum absolute atomic E-state index is 0.165. The minimum Gasteiger partial charge on any atom is -0.497 e. The Morgan fingerprint density at radius 1 is 1.24 bits per heavy atom. The van der Waals surface area contributed by atoms with Gasteiger partial charge in [-0.15, -0.1) is 0 Å². The van der Waals surface area contributed by atoms with E-state index >= 15 is 0 Å². The molecule has 0 spiro atoms. The van der Waals surface area contributed by atoms with Crippen LogP contribution in [0.2, 0.25) is 0 Å². The number of benzene rings is 2. The van der Waals surface area contributed by atoms with Gasteiger partial charge in [-0.2, -0.15) is 0 Å². The van der Waals surface area contributed by atoms with E-state index in [4.69, 9.17) is 4.74 Å². The first-order valence-electron chi connectivity index (χ1n) is 8.28. The van der Waals surface area contributed by atoms with E-state index in [1.807, 2.05) is 25.1 Å². The number of rotatable bonds is 4. The molecule has 0 saturated carbocycles. The quantitative estimate of drug-likeness (QED) is 0.889. The first kappa shape index (κ1) is 16.8. The average molecular weight is 339 g/mol. The van der Waals surface area contributed by atoms with Crippen LogP contribution in [0.3, 0.4) is 0 Å². The Balaban J connectivity index is 1.93. The molecule has 1 aliphatic rings. The minimum atomic E-state index is -0.537. The zero-order valence-electron chi connectivity index (χ0n) is 14.3. The number of ether oxygens (including phenoxy) is 1. The molecule has 6 nitrogen and oxygen atoms in total. The van der Waals surface area contributed by atoms with Crippen molar-refractivity contribution in [3.8, 4) is 5.75 Å². The lowest BCUT2D eigenvalue weighted by atomic mass is 10.0. The van der Waals surface area contributed by atoms with Gasteiger partial charge in [0.25, 0.3) is 0 Å². The van der Waals surface area contributed by atoms with Crippen LogP contribution in [0.15, 0.2) is 48.5 Å². The van der Waals surface area contributed by atoms with Crippen molar-refractivity contribution in [1.29, 1.82) is 0 Å². The van der Waals surface area contributed by atoms with E-state index in [1.165, 1.54) is 4.90 Å². The summed E-state index contributed by atoms with van der Waals surface area (Å²) >= 11 is 0. The van der Waals surface area contributed by atoms with Crippen LogP contribution in [0.5, 0.6) is 5.75 Å². The lowest BCUT2D eigenvalue weighted by Crippen LogP contribution is -2.52. The van der Waals surface area contributed by atoms with Crippen molar-refractivity contribution in [3.05, 3.63) is 48.5 Å². The molecule has 0 fully saturated rings. The van der Waals surface area contributed by atoms with Crippen molar-refractivity contribution in [1.82, 2.24) is 0 Å². The molecule has 25 heavy (non-hydrogen) atoms. The number of urea groups is 1. The number of para-hydroxylation sites is 2. The fourth-order valence-corrected chi connectivity index (χ4v) is 2.96. The van der Waals surface area contributed by atoms with Gasteiger partial charge in [0, 0.05) is 11.8 Å². The Kier molecular flexibility index (Phi) is 4.88. The Bertz CT molecular complexity index is 791. The molecule has 130 valence electrons. The van der Waals surface area contributed by atoms with Gasteiger partial charge in [-0.1, -0.05) is 31.5 Å². The summed E-state index contributed by atoms with van der Waals surface area (Å²) in [6.07, 6.45) is 1.38. The molecule has 1 heterocycles.